The lowest BCUT2D eigenvalue weighted by molar-refractivity contribution is -0.130. The Morgan fingerprint density at radius 2 is 2.00 bits per heavy atom. The summed E-state index contributed by atoms with van der Waals surface area (Å²) in [5, 5.41) is 0. The molecule has 2 atom stereocenters. The Balaban J connectivity index is 2.66. The van der Waals surface area contributed by atoms with E-state index in [0.29, 0.717) is 11.7 Å². The highest BCUT2D eigenvalue weighted by atomic mass is 16.5. The van der Waals surface area contributed by atoms with Crippen molar-refractivity contribution in [2.75, 3.05) is 19.7 Å². The lowest BCUT2D eigenvalue weighted by atomic mass is 9.98. The van der Waals surface area contributed by atoms with E-state index in [1.807, 2.05) is 13.8 Å². The van der Waals surface area contributed by atoms with Gasteiger partial charge in [0.25, 0.3) is 0 Å². The van der Waals surface area contributed by atoms with Crippen molar-refractivity contribution < 1.29 is 9.53 Å². The van der Waals surface area contributed by atoms with Crippen molar-refractivity contribution in [2.45, 2.75) is 53.2 Å². The molecule has 0 N–H and O–H groups in total. The van der Waals surface area contributed by atoms with Crippen molar-refractivity contribution >= 4 is 5.78 Å². The van der Waals surface area contributed by atoms with E-state index < -0.39 is 0 Å². The maximum atomic E-state index is 12.2. The minimum absolute atomic E-state index is 0.0150. The number of rotatable bonds is 6. The van der Waals surface area contributed by atoms with E-state index in [9.17, 15) is 4.79 Å². The predicted octanol–water partition coefficient (Wildman–Crippen LogP) is 2.35. The van der Waals surface area contributed by atoms with Gasteiger partial charge in [0.05, 0.1) is 12.1 Å². The third-order valence-electron chi connectivity index (χ3n) is 3.36. The Morgan fingerprint density at radius 3 is 2.47 bits per heavy atom. The molecule has 0 spiro atoms. The first-order valence-corrected chi connectivity index (χ1v) is 6.86. The van der Waals surface area contributed by atoms with E-state index >= 15 is 0 Å². The molecule has 1 aliphatic rings. The van der Waals surface area contributed by atoms with E-state index in [1.54, 1.807) is 0 Å². The summed E-state index contributed by atoms with van der Waals surface area (Å²) in [7, 11) is 0. The molecule has 1 saturated heterocycles. The zero-order valence-corrected chi connectivity index (χ0v) is 11.9. The largest absolute Gasteiger partial charge is 0.376 e. The van der Waals surface area contributed by atoms with Crippen LogP contribution in [0, 0.1) is 11.8 Å². The van der Waals surface area contributed by atoms with E-state index in [0.717, 1.165) is 26.1 Å². The molecule has 3 nitrogen and oxygen atoms in total. The topological polar surface area (TPSA) is 29.5 Å². The monoisotopic (exact) mass is 241 g/mol. The summed E-state index contributed by atoms with van der Waals surface area (Å²) in [6, 6.07) is -0.0150. The third-order valence-corrected chi connectivity index (χ3v) is 3.36. The van der Waals surface area contributed by atoms with E-state index in [1.165, 1.54) is 0 Å². The highest BCUT2D eigenvalue weighted by molar-refractivity contribution is 5.86. The highest BCUT2D eigenvalue weighted by Gasteiger charge is 2.39. The van der Waals surface area contributed by atoms with Crippen LogP contribution < -0.4 is 0 Å². The normalized spacial score (nSPS) is 26.1. The van der Waals surface area contributed by atoms with Crippen molar-refractivity contribution in [2.24, 2.45) is 11.8 Å². The molecule has 1 aliphatic heterocycles. The van der Waals surface area contributed by atoms with Gasteiger partial charge in [-0.2, -0.15) is 0 Å². The smallest absolute Gasteiger partial charge is 0.155 e. The maximum Gasteiger partial charge on any atom is 0.155 e. The minimum atomic E-state index is -0.0150. The summed E-state index contributed by atoms with van der Waals surface area (Å²) in [6.45, 7) is 13.0. The average Bonchev–Trinajstić information content (AvgIpc) is 2.67. The zero-order chi connectivity index (χ0) is 13.0. The van der Waals surface area contributed by atoms with Crippen molar-refractivity contribution in [3.05, 3.63) is 0 Å². The van der Waals surface area contributed by atoms with Crippen molar-refractivity contribution in [1.82, 2.24) is 4.90 Å². The summed E-state index contributed by atoms with van der Waals surface area (Å²) in [5.74, 6) is 0.955. The number of nitrogens with zero attached hydrogens (tertiary/aromatic N) is 1. The van der Waals surface area contributed by atoms with Crippen LogP contribution in [-0.4, -0.2) is 42.5 Å². The molecular formula is C14H27NO2. The van der Waals surface area contributed by atoms with Gasteiger partial charge in [-0.1, -0.05) is 34.6 Å². The SMILES string of the molecule is CCN1CC[C@H](OCC(C)C)[C@H]1C(=O)C(C)C. The summed E-state index contributed by atoms with van der Waals surface area (Å²) >= 11 is 0. The zero-order valence-electron chi connectivity index (χ0n) is 11.9. The van der Waals surface area contributed by atoms with E-state index in [-0.39, 0.29) is 18.1 Å². The summed E-state index contributed by atoms with van der Waals surface area (Å²) in [6.07, 6.45) is 1.09. The lowest BCUT2D eigenvalue weighted by Crippen LogP contribution is -2.45. The van der Waals surface area contributed by atoms with Gasteiger partial charge in [-0.3, -0.25) is 9.69 Å². The Morgan fingerprint density at radius 1 is 1.35 bits per heavy atom. The van der Waals surface area contributed by atoms with Crippen LogP contribution in [0.15, 0.2) is 0 Å². The number of carbonyl (C=O) groups is 1. The quantitative estimate of drug-likeness (QED) is 0.715. The predicted molar refractivity (Wildman–Crippen MR) is 70.1 cm³/mol. The molecule has 1 heterocycles. The van der Waals surface area contributed by atoms with Crippen LogP contribution in [0.3, 0.4) is 0 Å². The van der Waals surface area contributed by atoms with Gasteiger partial charge in [0, 0.05) is 19.1 Å². The third kappa shape index (κ3) is 3.78. The maximum absolute atomic E-state index is 12.2. The number of hydrogen-bond acceptors (Lipinski definition) is 3. The standard InChI is InChI=1S/C14H27NO2/c1-6-15-8-7-12(17-9-10(2)3)13(15)14(16)11(4)5/h10-13H,6-9H2,1-5H3/t12-,13-/m0/s1. The van der Waals surface area contributed by atoms with Gasteiger partial charge in [0.15, 0.2) is 5.78 Å². The van der Waals surface area contributed by atoms with Crippen molar-refractivity contribution in [3.8, 4) is 0 Å². The van der Waals surface area contributed by atoms with Crippen LogP contribution >= 0.6 is 0 Å². The Hall–Kier alpha value is -0.410. The van der Waals surface area contributed by atoms with Gasteiger partial charge >= 0.3 is 0 Å². The Kier molecular flexibility index (Phi) is 5.60. The van der Waals surface area contributed by atoms with Crippen molar-refractivity contribution in [3.63, 3.8) is 0 Å². The second kappa shape index (κ2) is 6.50. The van der Waals surface area contributed by atoms with E-state index in [2.05, 4.69) is 25.7 Å². The first kappa shape index (κ1) is 14.7. The summed E-state index contributed by atoms with van der Waals surface area (Å²) in [5.41, 5.74) is 0. The number of ether oxygens (including phenoxy) is 1. The van der Waals surface area contributed by atoms with Crippen LogP contribution in [0.25, 0.3) is 0 Å². The molecule has 100 valence electrons. The van der Waals surface area contributed by atoms with Gasteiger partial charge in [0.1, 0.15) is 0 Å². The molecule has 1 rings (SSSR count). The summed E-state index contributed by atoms with van der Waals surface area (Å²) in [4.78, 5) is 14.5. The minimum Gasteiger partial charge on any atom is -0.376 e. The molecule has 0 aromatic rings. The number of Topliss-reactive ketones (excluding diaryl/α,β-unsaturated/α-hetero) is 1. The van der Waals surface area contributed by atoms with Crippen LogP contribution in [0.2, 0.25) is 0 Å². The van der Waals surface area contributed by atoms with Crippen LogP contribution in [0.1, 0.15) is 41.0 Å². The second-order valence-electron chi connectivity index (χ2n) is 5.68. The van der Waals surface area contributed by atoms with Gasteiger partial charge < -0.3 is 4.74 Å². The van der Waals surface area contributed by atoms with Crippen LogP contribution in [-0.2, 0) is 9.53 Å². The fraction of sp³-hybridized carbons (Fsp3) is 0.929. The highest BCUT2D eigenvalue weighted by Crippen LogP contribution is 2.24. The molecule has 17 heavy (non-hydrogen) atoms. The molecule has 0 aromatic carbocycles. The average molecular weight is 241 g/mol. The molecular weight excluding hydrogens is 214 g/mol. The van der Waals surface area contributed by atoms with Crippen LogP contribution in [0.4, 0.5) is 0 Å². The first-order valence-electron chi connectivity index (χ1n) is 6.86. The number of likely N-dealkylation sites (N-methyl/N-ethyl adjacent to an activating group) is 1. The number of likely N-dealkylation sites (tertiary alicyclic amines) is 1. The number of carbonyl (C=O) groups excluding carboxylic acids is 1. The molecule has 0 aromatic heterocycles. The first-order chi connectivity index (χ1) is 7.97. The number of ketones is 1. The second-order valence-corrected chi connectivity index (χ2v) is 5.68. The molecule has 1 fully saturated rings. The lowest BCUT2D eigenvalue weighted by Gasteiger charge is -2.27. The van der Waals surface area contributed by atoms with Gasteiger partial charge in [-0.25, -0.2) is 0 Å². The Bertz CT molecular complexity index is 251. The molecule has 0 aliphatic carbocycles. The van der Waals surface area contributed by atoms with Crippen molar-refractivity contribution in [1.29, 1.82) is 0 Å². The summed E-state index contributed by atoms with van der Waals surface area (Å²) < 4.78 is 5.92. The van der Waals surface area contributed by atoms with Gasteiger partial charge in [-0.15, -0.1) is 0 Å². The molecule has 0 amide bonds. The molecule has 0 unspecified atom stereocenters. The van der Waals surface area contributed by atoms with Gasteiger partial charge in [0.2, 0.25) is 0 Å². The Labute approximate surface area is 106 Å². The molecule has 0 saturated carbocycles. The van der Waals surface area contributed by atoms with E-state index in [4.69, 9.17) is 4.74 Å². The van der Waals surface area contributed by atoms with Crippen LogP contribution in [0.5, 0.6) is 0 Å². The molecule has 0 bridgehead atoms. The molecule has 3 heteroatoms. The fourth-order valence-electron chi connectivity index (χ4n) is 2.38. The fourth-order valence-corrected chi connectivity index (χ4v) is 2.38. The molecule has 0 radical (unpaired) electrons. The number of hydrogen-bond donors (Lipinski definition) is 0. The van der Waals surface area contributed by atoms with Gasteiger partial charge in [-0.05, 0) is 18.9 Å².